The summed E-state index contributed by atoms with van der Waals surface area (Å²) in [6, 6.07) is 21.3. The van der Waals surface area contributed by atoms with Gasteiger partial charge in [-0.1, -0.05) is 53.7 Å². The fourth-order valence-corrected chi connectivity index (χ4v) is 4.44. The van der Waals surface area contributed by atoms with Crippen LogP contribution in [-0.4, -0.2) is 42.4 Å². The lowest BCUT2D eigenvalue weighted by Gasteiger charge is -2.31. The number of carboxylic acids is 1. The molecule has 0 saturated carbocycles. The first-order chi connectivity index (χ1) is 15.0. The molecule has 5 nitrogen and oxygen atoms in total. The number of nitrogens with zero attached hydrogens (tertiary/aromatic N) is 1. The Morgan fingerprint density at radius 1 is 0.935 bits per heavy atom. The third kappa shape index (κ3) is 6.26. The van der Waals surface area contributed by atoms with Gasteiger partial charge in [-0.25, -0.2) is 4.79 Å². The highest BCUT2D eigenvalue weighted by Crippen LogP contribution is 2.37. The maximum atomic E-state index is 10.3. The number of aryl methyl sites for hydroxylation is 2. The van der Waals surface area contributed by atoms with Gasteiger partial charge in [0.1, 0.15) is 11.3 Å². The van der Waals surface area contributed by atoms with Crippen molar-refractivity contribution >= 4 is 23.4 Å². The van der Waals surface area contributed by atoms with Crippen LogP contribution in [0, 0.1) is 13.8 Å². The number of rotatable bonds is 4. The molecule has 0 spiro atoms. The monoisotopic (exact) mass is 436 g/mol. The SMILES string of the molecule is Cc1ccc(Sc2ccccc2N2CCNCC2)c(C)c1.O=C(O)c1ccccc1O. The van der Waals surface area contributed by atoms with E-state index in [1.165, 1.54) is 38.7 Å². The van der Waals surface area contributed by atoms with E-state index in [1.807, 2.05) is 11.8 Å². The number of benzene rings is 3. The van der Waals surface area contributed by atoms with Crippen LogP contribution in [0.25, 0.3) is 0 Å². The lowest BCUT2D eigenvalue weighted by Crippen LogP contribution is -2.43. The third-order valence-electron chi connectivity index (χ3n) is 5.01. The quantitative estimate of drug-likeness (QED) is 0.537. The molecule has 1 fully saturated rings. The summed E-state index contributed by atoms with van der Waals surface area (Å²) >= 11 is 1.88. The molecule has 4 rings (SSSR count). The van der Waals surface area contributed by atoms with Crippen molar-refractivity contribution in [2.45, 2.75) is 23.6 Å². The number of para-hydroxylation sites is 2. The van der Waals surface area contributed by atoms with Crippen molar-refractivity contribution in [1.29, 1.82) is 0 Å². The molecule has 0 unspecified atom stereocenters. The molecule has 0 radical (unpaired) electrons. The van der Waals surface area contributed by atoms with Gasteiger partial charge in [-0.2, -0.15) is 0 Å². The lowest BCUT2D eigenvalue weighted by molar-refractivity contribution is 0.0693. The molecule has 3 aromatic carbocycles. The van der Waals surface area contributed by atoms with Crippen LogP contribution < -0.4 is 10.2 Å². The Bertz CT molecular complexity index is 1030. The molecular weight excluding hydrogens is 408 g/mol. The Balaban J connectivity index is 0.000000229. The minimum atomic E-state index is -1.11. The summed E-state index contributed by atoms with van der Waals surface area (Å²) < 4.78 is 0. The second-order valence-corrected chi connectivity index (χ2v) is 8.48. The number of hydrogen-bond acceptors (Lipinski definition) is 5. The Labute approximate surface area is 187 Å². The highest BCUT2D eigenvalue weighted by molar-refractivity contribution is 7.99. The van der Waals surface area contributed by atoms with Gasteiger partial charge in [-0.15, -0.1) is 0 Å². The lowest BCUT2D eigenvalue weighted by atomic mass is 10.2. The highest BCUT2D eigenvalue weighted by Gasteiger charge is 2.15. The maximum absolute atomic E-state index is 10.3. The van der Waals surface area contributed by atoms with Gasteiger partial charge in [0.25, 0.3) is 0 Å². The zero-order valence-corrected chi connectivity index (χ0v) is 18.7. The largest absolute Gasteiger partial charge is 0.507 e. The van der Waals surface area contributed by atoms with Gasteiger partial charge in [-0.3, -0.25) is 0 Å². The topological polar surface area (TPSA) is 72.8 Å². The van der Waals surface area contributed by atoms with Crippen LogP contribution in [0.3, 0.4) is 0 Å². The third-order valence-corrected chi connectivity index (χ3v) is 6.25. The summed E-state index contributed by atoms with van der Waals surface area (Å²) in [6.45, 7) is 8.67. The van der Waals surface area contributed by atoms with E-state index in [0.717, 1.165) is 26.2 Å². The van der Waals surface area contributed by atoms with Crippen LogP contribution in [0.4, 0.5) is 5.69 Å². The predicted molar refractivity (Wildman–Crippen MR) is 127 cm³/mol. The summed E-state index contributed by atoms with van der Waals surface area (Å²) in [5.74, 6) is -1.31. The van der Waals surface area contributed by atoms with E-state index in [2.05, 4.69) is 66.5 Å². The standard InChI is InChI=1S/C18H22N2S.C7H6O3/c1-14-7-8-17(15(2)13-14)21-18-6-4-3-5-16(18)20-11-9-19-10-12-20;8-6-4-2-1-3-5(6)7(9)10/h3-8,13,19H,9-12H2,1-2H3;1-4,8H,(H,9,10). The second-order valence-electron chi connectivity index (χ2n) is 7.40. The van der Waals surface area contributed by atoms with Gasteiger partial charge in [0.2, 0.25) is 0 Å². The molecule has 6 heteroatoms. The van der Waals surface area contributed by atoms with Crippen molar-refractivity contribution in [3.63, 3.8) is 0 Å². The van der Waals surface area contributed by atoms with Crippen molar-refractivity contribution < 1.29 is 15.0 Å². The number of aromatic carboxylic acids is 1. The van der Waals surface area contributed by atoms with Crippen molar-refractivity contribution in [2.24, 2.45) is 0 Å². The molecule has 0 aliphatic carbocycles. The molecule has 1 aliphatic heterocycles. The number of carbonyl (C=O) groups is 1. The highest BCUT2D eigenvalue weighted by atomic mass is 32.2. The molecule has 0 atom stereocenters. The van der Waals surface area contributed by atoms with Gasteiger partial charge in [-0.05, 0) is 49.7 Å². The smallest absolute Gasteiger partial charge is 0.339 e. The average Bonchev–Trinajstić information content (AvgIpc) is 2.77. The molecule has 31 heavy (non-hydrogen) atoms. The summed E-state index contributed by atoms with van der Waals surface area (Å²) in [7, 11) is 0. The first-order valence-corrected chi connectivity index (χ1v) is 11.1. The van der Waals surface area contributed by atoms with E-state index in [4.69, 9.17) is 10.2 Å². The Morgan fingerprint density at radius 3 is 2.26 bits per heavy atom. The Morgan fingerprint density at radius 2 is 1.61 bits per heavy atom. The number of carboxylic acid groups (broad SMARTS) is 1. The molecular formula is C25H28N2O3S. The molecule has 162 valence electrons. The van der Waals surface area contributed by atoms with Crippen LogP contribution in [0.1, 0.15) is 21.5 Å². The normalized spacial score (nSPS) is 13.3. The summed E-state index contributed by atoms with van der Waals surface area (Å²) in [4.78, 5) is 15.5. The zero-order chi connectivity index (χ0) is 22.2. The predicted octanol–water partition coefficient (Wildman–Crippen LogP) is 4.95. The fraction of sp³-hybridized carbons (Fsp3) is 0.240. The second kappa shape index (κ2) is 10.9. The minimum absolute atomic E-state index is 0.0671. The van der Waals surface area contributed by atoms with Crippen LogP contribution in [0.15, 0.2) is 76.5 Å². The molecule has 1 saturated heterocycles. The van der Waals surface area contributed by atoms with E-state index in [1.54, 1.807) is 12.1 Å². The average molecular weight is 437 g/mol. The molecule has 3 N–H and O–H groups in total. The van der Waals surface area contributed by atoms with Crippen molar-refractivity contribution in [3.05, 3.63) is 83.4 Å². The number of anilines is 1. The van der Waals surface area contributed by atoms with E-state index >= 15 is 0 Å². The summed E-state index contributed by atoms with van der Waals surface area (Å²) in [5, 5.41) is 20.7. The van der Waals surface area contributed by atoms with E-state index < -0.39 is 5.97 Å². The van der Waals surface area contributed by atoms with Crippen LogP contribution in [0.2, 0.25) is 0 Å². The van der Waals surface area contributed by atoms with Gasteiger partial charge >= 0.3 is 5.97 Å². The zero-order valence-electron chi connectivity index (χ0n) is 17.8. The summed E-state index contributed by atoms with van der Waals surface area (Å²) in [5.41, 5.74) is 3.98. The molecule has 3 aromatic rings. The molecule has 0 bridgehead atoms. The molecule has 0 aromatic heterocycles. The van der Waals surface area contributed by atoms with Gasteiger partial charge in [0.15, 0.2) is 0 Å². The van der Waals surface area contributed by atoms with Gasteiger partial charge < -0.3 is 20.4 Å². The summed E-state index contributed by atoms with van der Waals surface area (Å²) in [6.07, 6.45) is 0. The Hall–Kier alpha value is -2.96. The van der Waals surface area contributed by atoms with Crippen molar-refractivity contribution in [2.75, 3.05) is 31.1 Å². The van der Waals surface area contributed by atoms with E-state index in [-0.39, 0.29) is 11.3 Å². The van der Waals surface area contributed by atoms with Gasteiger partial charge in [0, 0.05) is 36.0 Å². The number of hydrogen-bond donors (Lipinski definition) is 3. The van der Waals surface area contributed by atoms with Crippen molar-refractivity contribution in [3.8, 4) is 5.75 Å². The Kier molecular flexibility index (Phi) is 7.98. The van der Waals surface area contributed by atoms with E-state index in [0.29, 0.717) is 0 Å². The van der Waals surface area contributed by atoms with Crippen LogP contribution in [-0.2, 0) is 0 Å². The van der Waals surface area contributed by atoms with Crippen LogP contribution >= 0.6 is 11.8 Å². The van der Waals surface area contributed by atoms with Gasteiger partial charge in [0.05, 0.1) is 5.69 Å². The molecule has 1 heterocycles. The fourth-order valence-electron chi connectivity index (χ4n) is 3.40. The maximum Gasteiger partial charge on any atom is 0.339 e. The number of phenols is 1. The minimum Gasteiger partial charge on any atom is -0.507 e. The van der Waals surface area contributed by atoms with Crippen molar-refractivity contribution in [1.82, 2.24) is 5.32 Å². The number of piperazine rings is 1. The first kappa shape index (κ1) is 22.7. The van der Waals surface area contributed by atoms with E-state index in [9.17, 15) is 4.79 Å². The number of nitrogens with one attached hydrogen (secondary N) is 1. The van der Waals surface area contributed by atoms with Crippen LogP contribution in [0.5, 0.6) is 5.75 Å². The number of aromatic hydroxyl groups is 1. The molecule has 1 aliphatic rings. The first-order valence-electron chi connectivity index (χ1n) is 10.3. The molecule has 0 amide bonds.